The van der Waals surface area contributed by atoms with Crippen molar-refractivity contribution in [3.63, 3.8) is 0 Å². The van der Waals surface area contributed by atoms with E-state index < -0.39 is 17.6 Å². The second-order valence-corrected chi connectivity index (χ2v) is 2.09. The van der Waals surface area contributed by atoms with Gasteiger partial charge in [0.15, 0.2) is 0 Å². The molecule has 0 amide bonds. The molecule has 0 aliphatic heterocycles. The molecule has 0 spiro atoms. The Balaban J connectivity index is 2.56. The van der Waals surface area contributed by atoms with Gasteiger partial charge in [-0.2, -0.15) is 0 Å². The van der Waals surface area contributed by atoms with Gasteiger partial charge in [-0.3, -0.25) is 10.1 Å². The molecule has 60 valence electrons. The van der Waals surface area contributed by atoms with E-state index in [0.29, 0.717) is 5.56 Å². The largest absolute Gasteiger partial charge is 0.472 e. The van der Waals surface area contributed by atoms with Crippen LogP contribution in [0.3, 0.4) is 0 Å². The molecule has 1 N–H and O–H groups in total. The minimum Gasteiger partial charge on any atom is -0.472 e. The van der Waals surface area contributed by atoms with E-state index in [0.717, 1.165) is 0 Å². The molecule has 11 heavy (non-hydrogen) atoms. The van der Waals surface area contributed by atoms with Crippen LogP contribution in [0.4, 0.5) is 0 Å². The number of rotatable bonds is 3. The van der Waals surface area contributed by atoms with Crippen molar-refractivity contribution < 1.29 is 14.4 Å². The molecule has 0 fully saturated rings. The quantitative estimate of drug-likeness (QED) is 0.514. The Morgan fingerprint density at radius 1 is 1.82 bits per heavy atom. The fraction of sp³-hybridized carbons (Fsp3) is 0.333. The molecule has 0 radical (unpaired) electrons. The van der Waals surface area contributed by atoms with Gasteiger partial charge in [0.1, 0.15) is 6.10 Å². The van der Waals surface area contributed by atoms with Crippen molar-refractivity contribution >= 4 is 0 Å². The van der Waals surface area contributed by atoms with E-state index in [-0.39, 0.29) is 0 Å². The molecular formula is C6H7NO4. The zero-order valence-corrected chi connectivity index (χ0v) is 5.64. The van der Waals surface area contributed by atoms with Gasteiger partial charge in [0.25, 0.3) is 0 Å². The fourth-order valence-corrected chi connectivity index (χ4v) is 0.711. The predicted octanol–water partition coefficient (Wildman–Crippen LogP) is 0.590. The summed E-state index contributed by atoms with van der Waals surface area (Å²) in [4.78, 5) is 9.35. The Labute approximate surface area is 62.4 Å². The van der Waals surface area contributed by atoms with E-state index in [4.69, 9.17) is 5.11 Å². The van der Waals surface area contributed by atoms with Crippen molar-refractivity contribution in [3.05, 3.63) is 34.3 Å². The number of nitro groups is 1. The van der Waals surface area contributed by atoms with Crippen molar-refractivity contribution in [1.82, 2.24) is 0 Å². The third-order valence-electron chi connectivity index (χ3n) is 1.25. The van der Waals surface area contributed by atoms with Crippen molar-refractivity contribution in [1.29, 1.82) is 0 Å². The van der Waals surface area contributed by atoms with Gasteiger partial charge in [-0.25, -0.2) is 0 Å². The standard InChI is InChI=1S/C6H7NO4/c8-6(3-7(9)10)5-1-2-11-4-5/h1-2,4,6,8H,3H2/t6-/m0/s1. The highest BCUT2D eigenvalue weighted by Gasteiger charge is 2.14. The number of hydrogen-bond donors (Lipinski definition) is 1. The predicted molar refractivity (Wildman–Crippen MR) is 35.5 cm³/mol. The summed E-state index contributed by atoms with van der Waals surface area (Å²) < 4.78 is 4.63. The molecular weight excluding hydrogens is 150 g/mol. The molecule has 1 aromatic rings. The maximum absolute atomic E-state index is 9.92. The molecule has 0 unspecified atom stereocenters. The molecule has 0 aromatic carbocycles. The summed E-state index contributed by atoms with van der Waals surface area (Å²) in [7, 11) is 0. The first-order valence-corrected chi connectivity index (χ1v) is 3.02. The van der Waals surface area contributed by atoms with Crippen molar-refractivity contribution in [2.24, 2.45) is 0 Å². The number of aliphatic hydroxyl groups is 1. The summed E-state index contributed by atoms with van der Waals surface area (Å²) >= 11 is 0. The monoisotopic (exact) mass is 157 g/mol. The molecule has 5 heteroatoms. The first kappa shape index (κ1) is 7.74. The number of furan rings is 1. The molecule has 0 aliphatic carbocycles. The molecule has 1 rings (SSSR count). The second kappa shape index (κ2) is 3.16. The van der Waals surface area contributed by atoms with E-state index in [1.165, 1.54) is 18.6 Å². The normalized spacial score (nSPS) is 12.8. The van der Waals surface area contributed by atoms with Crippen molar-refractivity contribution in [2.45, 2.75) is 6.10 Å². The average molecular weight is 157 g/mol. The van der Waals surface area contributed by atoms with E-state index in [2.05, 4.69) is 4.42 Å². The van der Waals surface area contributed by atoms with Crippen LogP contribution >= 0.6 is 0 Å². The van der Waals surface area contributed by atoms with Gasteiger partial charge < -0.3 is 9.52 Å². The maximum atomic E-state index is 9.92. The fourth-order valence-electron chi connectivity index (χ4n) is 0.711. The van der Waals surface area contributed by atoms with Crippen LogP contribution in [0, 0.1) is 10.1 Å². The Hall–Kier alpha value is -1.36. The first-order chi connectivity index (χ1) is 5.20. The first-order valence-electron chi connectivity index (χ1n) is 3.02. The Bertz CT molecular complexity index is 231. The minimum absolute atomic E-state index is 0.432. The molecule has 0 saturated heterocycles. The topological polar surface area (TPSA) is 76.5 Å². The lowest BCUT2D eigenvalue weighted by Gasteiger charge is -1.99. The van der Waals surface area contributed by atoms with Crippen LogP contribution < -0.4 is 0 Å². The average Bonchev–Trinajstić information content (AvgIpc) is 2.35. The Morgan fingerprint density at radius 2 is 2.55 bits per heavy atom. The Morgan fingerprint density at radius 3 is 3.00 bits per heavy atom. The molecule has 1 aromatic heterocycles. The van der Waals surface area contributed by atoms with Crippen LogP contribution in [0.5, 0.6) is 0 Å². The minimum atomic E-state index is -1.07. The summed E-state index contributed by atoms with van der Waals surface area (Å²) in [5.41, 5.74) is 0.432. The van der Waals surface area contributed by atoms with Crippen LogP contribution in [-0.4, -0.2) is 16.6 Å². The summed E-state index contributed by atoms with van der Waals surface area (Å²) in [6.07, 6.45) is 1.58. The van der Waals surface area contributed by atoms with E-state index in [9.17, 15) is 10.1 Å². The van der Waals surface area contributed by atoms with Gasteiger partial charge in [-0.05, 0) is 6.07 Å². The second-order valence-electron chi connectivity index (χ2n) is 2.09. The molecule has 0 aliphatic rings. The smallest absolute Gasteiger partial charge is 0.233 e. The van der Waals surface area contributed by atoms with Gasteiger partial charge in [0.05, 0.1) is 12.5 Å². The van der Waals surface area contributed by atoms with Crippen LogP contribution in [-0.2, 0) is 0 Å². The van der Waals surface area contributed by atoms with E-state index in [1.807, 2.05) is 0 Å². The summed E-state index contributed by atoms with van der Waals surface area (Å²) in [6, 6.07) is 1.49. The molecule has 5 nitrogen and oxygen atoms in total. The van der Waals surface area contributed by atoms with Gasteiger partial charge >= 0.3 is 0 Å². The lowest BCUT2D eigenvalue weighted by atomic mass is 10.2. The highest BCUT2D eigenvalue weighted by Crippen LogP contribution is 2.12. The SMILES string of the molecule is O=[N+]([O-])C[C@H](O)c1ccoc1. The highest BCUT2D eigenvalue weighted by molar-refractivity contribution is 5.08. The molecule has 0 saturated carbocycles. The van der Waals surface area contributed by atoms with Crippen LogP contribution in [0.15, 0.2) is 23.0 Å². The van der Waals surface area contributed by atoms with E-state index >= 15 is 0 Å². The lowest BCUT2D eigenvalue weighted by molar-refractivity contribution is -0.491. The van der Waals surface area contributed by atoms with Crippen LogP contribution in [0.25, 0.3) is 0 Å². The van der Waals surface area contributed by atoms with E-state index in [1.54, 1.807) is 0 Å². The lowest BCUT2D eigenvalue weighted by Crippen LogP contribution is -2.10. The summed E-state index contributed by atoms with van der Waals surface area (Å²) in [5, 5.41) is 19.0. The third-order valence-corrected chi connectivity index (χ3v) is 1.25. The maximum Gasteiger partial charge on any atom is 0.233 e. The zero-order valence-electron chi connectivity index (χ0n) is 5.64. The number of aliphatic hydroxyl groups excluding tert-OH is 1. The van der Waals surface area contributed by atoms with Crippen molar-refractivity contribution in [3.8, 4) is 0 Å². The highest BCUT2D eigenvalue weighted by atomic mass is 16.6. The van der Waals surface area contributed by atoms with Gasteiger partial charge in [0, 0.05) is 10.5 Å². The Kier molecular flexibility index (Phi) is 2.22. The van der Waals surface area contributed by atoms with Gasteiger partial charge in [-0.15, -0.1) is 0 Å². The van der Waals surface area contributed by atoms with Crippen molar-refractivity contribution in [2.75, 3.05) is 6.54 Å². The third kappa shape index (κ3) is 2.05. The summed E-state index contributed by atoms with van der Waals surface area (Å²) in [5.74, 6) is 0. The van der Waals surface area contributed by atoms with Crippen LogP contribution in [0.1, 0.15) is 11.7 Å². The molecule has 1 atom stereocenters. The number of hydrogen-bond acceptors (Lipinski definition) is 4. The molecule has 1 heterocycles. The zero-order chi connectivity index (χ0) is 8.27. The summed E-state index contributed by atoms with van der Waals surface area (Å²) in [6.45, 7) is -0.487. The molecule has 0 bridgehead atoms. The van der Waals surface area contributed by atoms with Gasteiger partial charge in [-0.1, -0.05) is 0 Å². The number of nitrogens with zero attached hydrogens (tertiary/aromatic N) is 1. The van der Waals surface area contributed by atoms with Crippen LogP contribution in [0.2, 0.25) is 0 Å². The van der Waals surface area contributed by atoms with Gasteiger partial charge in [0.2, 0.25) is 6.54 Å².